The molecule has 1 aromatic heterocycles. The quantitative estimate of drug-likeness (QED) is 0.582. The number of hydrogen-bond acceptors (Lipinski definition) is 3. The Hall–Kier alpha value is -0.345. The summed E-state index contributed by atoms with van der Waals surface area (Å²) in [7, 11) is -1.81. The van der Waals surface area contributed by atoms with Gasteiger partial charge in [-0.2, -0.15) is 13.2 Å². The lowest BCUT2D eigenvalue weighted by Gasteiger charge is -2.08. The molecule has 1 rings (SSSR count). The molecule has 0 bridgehead atoms. The Bertz CT molecular complexity index is 344. The summed E-state index contributed by atoms with van der Waals surface area (Å²) < 4.78 is 36.4. The average Bonchev–Trinajstić information content (AvgIpc) is 2.01. The molecule has 0 aliphatic rings. The van der Waals surface area contributed by atoms with Gasteiger partial charge in [0.15, 0.2) is 5.69 Å². The van der Waals surface area contributed by atoms with Gasteiger partial charge in [0.05, 0.1) is 0 Å². The molecule has 0 amide bonds. The van der Waals surface area contributed by atoms with Gasteiger partial charge in [0.25, 0.3) is 0 Å². The lowest BCUT2D eigenvalue weighted by molar-refractivity contribution is -0.141. The summed E-state index contributed by atoms with van der Waals surface area (Å²) in [5.74, 6) is 0. The molecule has 0 aliphatic carbocycles. The van der Waals surface area contributed by atoms with Crippen molar-refractivity contribution >= 4 is 35.2 Å². The third kappa shape index (κ3) is 2.58. The molecule has 3 nitrogen and oxygen atoms in total. The van der Waals surface area contributed by atoms with Crippen molar-refractivity contribution in [2.75, 3.05) is 0 Å². The first-order valence-electron chi connectivity index (χ1n) is 3.41. The van der Waals surface area contributed by atoms with Crippen LogP contribution >= 0.6 is 22.6 Å². The second-order valence-corrected chi connectivity index (χ2v) is 3.63. The Kier molecular flexibility index (Phi) is 3.38. The molecule has 0 unspecified atom stereocenters. The molecule has 1 heterocycles. The Balaban J connectivity index is 3.15. The van der Waals surface area contributed by atoms with Crippen molar-refractivity contribution in [3.63, 3.8) is 0 Å². The van der Waals surface area contributed by atoms with Crippen LogP contribution in [0.4, 0.5) is 13.2 Å². The molecule has 1 aromatic rings. The monoisotopic (exact) mass is 317 g/mol. The van der Waals surface area contributed by atoms with Gasteiger partial charge >= 0.3 is 13.3 Å². The highest BCUT2D eigenvalue weighted by Crippen LogP contribution is 2.30. The number of alkyl halides is 3. The van der Waals surface area contributed by atoms with E-state index < -0.39 is 19.0 Å². The van der Waals surface area contributed by atoms with Gasteiger partial charge in [-0.15, -0.1) is 0 Å². The number of halogens is 4. The van der Waals surface area contributed by atoms with Crippen LogP contribution < -0.4 is 5.46 Å². The lowest BCUT2D eigenvalue weighted by atomic mass is 9.82. The molecule has 0 saturated carbocycles. The summed E-state index contributed by atoms with van der Waals surface area (Å²) in [5.41, 5.74) is -1.09. The van der Waals surface area contributed by atoms with Crippen molar-refractivity contribution in [1.82, 2.24) is 4.98 Å². The molecule has 0 radical (unpaired) electrons. The number of aromatic nitrogens is 1. The van der Waals surface area contributed by atoms with E-state index >= 15 is 0 Å². The van der Waals surface area contributed by atoms with Gasteiger partial charge in [-0.1, -0.05) is 0 Å². The maximum atomic E-state index is 12.2. The van der Waals surface area contributed by atoms with Crippen molar-refractivity contribution in [3.05, 3.63) is 21.5 Å². The zero-order chi connectivity index (χ0) is 10.9. The van der Waals surface area contributed by atoms with Crippen molar-refractivity contribution in [1.29, 1.82) is 0 Å². The molecular weight excluding hydrogens is 313 g/mol. The molecule has 76 valence electrons. The summed E-state index contributed by atoms with van der Waals surface area (Å²) in [6, 6.07) is 1.03. The normalized spacial score (nSPS) is 11.6. The summed E-state index contributed by atoms with van der Waals surface area (Å²) in [4.78, 5) is 3.12. The number of nitrogens with zero attached hydrogens (tertiary/aromatic N) is 1. The number of pyridine rings is 1. The molecule has 0 saturated heterocycles. The largest absolute Gasteiger partial charge is 0.490 e. The minimum Gasteiger partial charge on any atom is -0.423 e. The standard InChI is InChI=1S/C6H4BF3INO2/c8-6(9,10)5-4(11)1-3(2-12-5)7(13)14/h1-2,13-14H. The van der Waals surface area contributed by atoms with E-state index in [9.17, 15) is 13.2 Å². The maximum absolute atomic E-state index is 12.2. The topological polar surface area (TPSA) is 53.4 Å². The van der Waals surface area contributed by atoms with E-state index in [2.05, 4.69) is 4.98 Å². The minimum absolute atomic E-state index is 0.0672. The first kappa shape index (κ1) is 11.7. The van der Waals surface area contributed by atoms with Crippen LogP contribution in [0.15, 0.2) is 12.3 Å². The fourth-order valence-corrected chi connectivity index (χ4v) is 1.61. The molecule has 8 heteroatoms. The van der Waals surface area contributed by atoms with Gasteiger partial charge in [0.2, 0.25) is 0 Å². The van der Waals surface area contributed by atoms with Crippen LogP contribution in [0.1, 0.15) is 5.69 Å². The SMILES string of the molecule is OB(O)c1cnc(C(F)(F)F)c(I)c1. The van der Waals surface area contributed by atoms with Gasteiger partial charge < -0.3 is 10.0 Å². The van der Waals surface area contributed by atoms with E-state index in [0.717, 1.165) is 12.3 Å². The van der Waals surface area contributed by atoms with Gasteiger partial charge in [-0.05, 0) is 28.7 Å². The zero-order valence-corrected chi connectivity index (χ0v) is 8.74. The molecule has 0 spiro atoms. The minimum atomic E-state index is -4.52. The number of rotatable bonds is 1. The Morgan fingerprint density at radius 1 is 1.36 bits per heavy atom. The summed E-state index contributed by atoms with van der Waals surface area (Å²) in [6.45, 7) is 0. The van der Waals surface area contributed by atoms with E-state index in [1.54, 1.807) is 0 Å². The van der Waals surface area contributed by atoms with Crippen LogP contribution in [0.25, 0.3) is 0 Å². The molecule has 0 aromatic carbocycles. The van der Waals surface area contributed by atoms with Crippen LogP contribution in [0, 0.1) is 3.57 Å². The third-order valence-electron chi connectivity index (χ3n) is 1.43. The second kappa shape index (κ2) is 4.03. The Morgan fingerprint density at radius 3 is 2.29 bits per heavy atom. The van der Waals surface area contributed by atoms with Gasteiger partial charge in [-0.3, -0.25) is 4.98 Å². The predicted molar refractivity (Wildman–Crippen MR) is 51.8 cm³/mol. The Morgan fingerprint density at radius 2 is 1.93 bits per heavy atom. The van der Waals surface area contributed by atoms with E-state index in [0.29, 0.717) is 0 Å². The number of hydrogen-bond donors (Lipinski definition) is 2. The molecule has 0 fully saturated rings. The van der Waals surface area contributed by atoms with E-state index in [4.69, 9.17) is 10.0 Å². The van der Waals surface area contributed by atoms with Gasteiger partial charge in [-0.25, -0.2) is 0 Å². The van der Waals surface area contributed by atoms with E-state index in [1.165, 1.54) is 22.6 Å². The van der Waals surface area contributed by atoms with Crippen LogP contribution in [0.5, 0.6) is 0 Å². The second-order valence-electron chi connectivity index (χ2n) is 2.47. The molecule has 14 heavy (non-hydrogen) atoms. The fraction of sp³-hybridized carbons (Fsp3) is 0.167. The highest BCUT2D eigenvalue weighted by molar-refractivity contribution is 14.1. The zero-order valence-electron chi connectivity index (χ0n) is 6.59. The molecule has 0 aliphatic heterocycles. The van der Waals surface area contributed by atoms with Crippen molar-refractivity contribution in [2.24, 2.45) is 0 Å². The van der Waals surface area contributed by atoms with Crippen LogP contribution in [-0.2, 0) is 6.18 Å². The maximum Gasteiger partial charge on any atom is 0.490 e. The van der Waals surface area contributed by atoms with E-state index in [-0.39, 0.29) is 9.03 Å². The highest BCUT2D eigenvalue weighted by Gasteiger charge is 2.35. The molecule has 2 N–H and O–H groups in total. The van der Waals surface area contributed by atoms with E-state index in [1.807, 2.05) is 0 Å². The lowest BCUT2D eigenvalue weighted by Crippen LogP contribution is -2.31. The summed E-state index contributed by atoms with van der Waals surface area (Å²) in [5, 5.41) is 17.3. The first-order chi connectivity index (χ1) is 6.32. The van der Waals surface area contributed by atoms with Crippen molar-refractivity contribution in [3.8, 4) is 0 Å². The van der Waals surface area contributed by atoms with Crippen LogP contribution in [0.3, 0.4) is 0 Å². The average molecular weight is 317 g/mol. The van der Waals surface area contributed by atoms with Crippen LogP contribution in [-0.4, -0.2) is 22.2 Å². The molecule has 0 atom stereocenters. The van der Waals surface area contributed by atoms with Gasteiger partial charge in [0.1, 0.15) is 0 Å². The smallest absolute Gasteiger partial charge is 0.423 e. The summed E-state index contributed by atoms with van der Waals surface area (Å²) >= 11 is 1.44. The van der Waals surface area contributed by atoms with Crippen molar-refractivity contribution < 1.29 is 23.2 Å². The fourth-order valence-electron chi connectivity index (χ4n) is 0.803. The highest BCUT2D eigenvalue weighted by atomic mass is 127. The first-order valence-corrected chi connectivity index (χ1v) is 4.49. The summed E-state index contributed by atoms with van der Waals surface area (Å²) in [6.07, 6.45) is -3.73. The van der Waals surface area contributed by atoms with Gasteiger partial charge in [0, 0.05) is 15.2 Å². The predicted octanol–water partition coefficient (Wildman–Crippen LogP) is 0.385. The Labute approximate surface area is 91.3 Å². The third-order valence-corrected chi connectivity index (χ3v) is 2.25. The van der Waals surface area contributed by atoms with Crippen molar-refractivity contribution in [2.45, 2.75) is 6.18 Å². The van der Waals surface area contributed by atoms with Crippen LogP contribution in [0.2, 0.25) is 0 Å². The molecular formula is C6H4BF3INO2.